The van der Waals surface area contributed by atoms with Gasteiger partial charge >= 0.3 is 0 Å². The van der Waals surface area contributed by atoms with Crippen LogP contribution in [0.2, 0.25) is 0 Å². The second kappa shape index (κ2) is 6.17. The van der Waals surface area contributed by atoms with Crippen LogP contribution in [0.4, 0.5) is 0 Å². The van der Waals surface area contributed by atoms with E-state index in [0.29, 0.717) is 10.7 Å². The molecule has 2 aromatic rings. The molecule has 0 saturated heterocycles. The zero-order valence-electron chi connectivity index (χ0n) is 9.57. The highest BCUT2D eigenvalue weighted by Gasteiger charge is 2.16. The Hall–Kier alpha value is -0.120. The van der Waals surface area contributed by atoms with Gasteiger partial charge < -0.3 is 0 Å². The van der Waals surface area contributed by atoms with Crippen LogP contribution in [0.15, 0.2) is 46.3 Å². The van der Waals surface area contributed by atoms with E-state index in [1.165, 1.54) is 14.9 Å². The van der Waals surface area contributed by atoms with Gasteiger partial charge in [-0.3, -0.25) is 0 Å². The van der Waals surface area contributed by atoms with Gasteiger partial charge in [0.15, 0.2) is 0 Å². The monoisotopic (exact) mass is 372 g/mol. The summed E-state index contributed by atoms with van der Waals surface area (Å²) in [5.41, 5.74) is 1.36. The first kappa shape index (κ1) is 13.3. The topological polar surface area (TPSA) is 0 Å². The number of rotatable bonds is 4. The molecular formula is C14H14Br2S. The summed E-state index contributed by atoms with van der Waals surface area (Å²) in [6.07, 6.45) is 1.11. The van der Waals surface area contributed by atoms with Crippen molar-refractivity contribution < 1.29 is 0 Å². The smallest absolute Gasteiger partial charge is 0.0424 e. The van der Waals surface area contributed by atoms with Gasteiger partial charge in [0.2, 0.25) is 0 Å². The lowest BCUT2D eigenvalue weighted by Gasteiger charge is -2.18. The number of hydrogen-bond donors (Lipinski definition) is 0. The summed E-state index contributed by atoms with van der Waals surface area (Å²) in [4.78, 5) is 1.86. The van der Waals surface area contributed by atoms with E-state index >= 15 is 0 Å². The summed E-state index contributed by atoms with van der Waals surface area (Å²) in [5, 5.41) is 2.15. The number of halogens is 2. The maximum atomic E-state index is 3.81. The van der Waals surface area contributed by atoms with Gasteiger partial charge in [0.25, 0.3) is 0 Å². The van der Waals surface area contributed by atoms with Gasteiger partial charge in [0, 0.05) is 19.6 Å². The Morgan fingerprint density at radius 3 is 2.53 bits per heavy atom. The fourth-order valence-corrected chi connectivity index (χ4v) is 3.93. The minimum atomic E-state index is 0.421. The Labute approximate surface area is 123 Å². The first-order chi connectivity index (χ1) is 8.16. The molecule has 0 aliphatic carbocycles. The Morgan fingerprint density at radius 1 is 1.24 bits per heavy atom. The van der Waals surface area contributed by atoms with E-state index in [9.17, 15) is 0 Å². The summed E-state index contributed by atoms with van der Waals surface area (Å²) >= 11 is 9.13. The first-order valence-corrected chi connectivity index (χ1v) is 8.17. The molecule has 17 heavy (non-hydrogen) atoms. The van der Waals surface area contributed by atoms with Gasteiger partial charge in [-0.2, -0.15) is 0 Å². The quantitative estimate of drug-likeness (QED) is 0.591. The van der Waals surface area contributed by atoms with Crippen LogP contribution in [0.25, 0.3) is 0 Å². The molecule has 0 aliphatic heterocycles. The summed E-state index contributed by atoms with van der Waals surface area (Å²) < 4.78 is 1.19. The summed E-state index contributed by atoms with van der Waals surface area (Å²) in [5.74, 6) is 0.586. The van der Waals surface area contributed by atoms with Crippen molar-refractivity contribution >= 4 is 43.2 Å². The molecule has 2 atom stereocenters. The molecule has 90 valence electrons. The highest BCUT2D eigenvalue weighted by molar-refractivity contribution is 9.10. The lowest BCUT2D eigenvalue weighted by Crippen LogP contribution is -2.06. The third-order valence-electron chi connectivity index (χ3n) is 2.76. The van der Waals surface area contributed by atoms with E-state index in [0.717, 1.165) is 6.42 Å². The molecule has 1 aromatic carbocycles. The van der Waals surface area contributed by atoms with Crippen molar-refractivity contribution in [2.75, 3.05) is 0 Å². The van der Waals surface area contributed by atoms with Gasteiger partial charge in [-0.1, -0.05) is 53.2 Å². The molecule has 1 aromatic heterocycles. The van der Waals surface area contributed by atoms with Crippen LogP contribution in [0.5, 0.6) is 0 Å². The molecule has 1 heterocycles. The first-order valence-electron chi connectivity index (χ1n) is 5.58. The van der Waals surface area contributed by atoms with Crippen LogP contribution in [0, 0.1) is 5.92 Å². The Bertz CT molecular complexity index is 464. The van der Waals surface area contributed by atoms with E-state index in [1.54, 1.807) is 0 Å². The highest BCUT2D eigenvalue weighted by atomic mass is 79.9. The van der Waals surface area contributed by atoms with Gasteiger partial charge in [-0.05, 0) is 39.9 Å². The van der Waals surface area contributed by atoms with Crippen LogP contribution < -0.4 is 0 Å². The third kappa shape index (κ3) is 3.67. The second-order valence-corrected chi connectivity index (χ2v) is 7.12. The van der Waals surface area contributed by atoms with Gasteiger partial charge in [-0.25, -0.2) is 0 Å². The van der Waals surface area contributed by atoms with E-state index in [2.05, 4.69) is 80.6 Å². The standard InChI is InChI=1S/C14H14Br2S/c1-10(7-13-8-12(15)9-17-13)14(16)11-5-3-2-4-6-11/h2-6,8-10,14H,7H2,1H3. The molecule has 2 rings (SSSR count). The van der Waals surface area contributed by atoms with Crippen LogP contribution >= 0.6 is 43.2 Å². The fourth-order valence-electron chi connectivity index (χ4n) is 1.85. The fraction of sp³-hybridized carbons (Fsp3) is 0.286. The van der Waals surface area contributed by atoms with Crippen LogP contribution in [-0.2, 0) is 6.42 Å². The van der Waals surface area contributed by atoms with Gasteiger partial charge in [0.05, 0.1) is 0 Å². The molecule has 0 nitrogen and oxygen atoms in total. The van der Waals surface area contributed by atoms with Crippen molar-refractivity contribution in [1.82, 2.24) is 0 Å². The molecule has 0 bridgehead atoms. The predicted octanol–water partition coefficient (Wildman–Crippen LogP) is 5.83. The molecule has 0 saturated carbocycles. The van der Waals surface area contributed by atoms with Crippen LogP contribution in [0.1, 0.15) is 22.2 Å². The number of alkyl halides is 1. The van der Waals surface area contributed by atoms with E-state index in [4.69, 9.17) is 0 Å². The maximum Gasteiger partial charge on any atom is 0.0424 e. The molecule has 2 unspecified atom stereocenters. The van der Waals surface area contributed by atoms with Crippen molar-refractivity contribution in [2.45, 2.75) is 18.2 Å². The molecule has 0 fully saturated rings. The van der Waals surface area contributed by atoms with Gasteiger partial charge in [0.1, 0.15) is 0 Å². The zero-order valence-corrected chi connectivity index (χ0v) is 13.6. The summed E-state index contributed by atoms with van der Waals surface area (Å²) in [6.45, 7) is 2.29. The SMILES string of the molecule is CC(Cc1cc(Br)cs1)C(Br)c1ccccc1. The predicted molar refractivity (Wildman–Crippen MR) is 83.0 cm³/mol. The third-order valence-corrected chi connectivity index (χ3v) is 5.91. The van der Waals surface area contributed by atoms with Crippen molar-refractivity contribution in [3.63, 3.8) is 0 Å². The zero-order chi connectivity index (χ0) is 12.3. The lowest BCUT2D eigenvalue weighted by molar-refractivity contribution is 0.577. The number of benzene rings is 1. The van der Waals surface area contributed by atoms with E-state index in [-0.39, 0.29) is 0 Å². The molecule has 3 heteroatoms. The highest BCUT2D eigenvalue weighted by Crippen LogP contribution is 2.34. The van der Waals surface area contributed by atoms with E-state index < -0.39 is 0 Å². The normalized spacial score (nSPS) is 14.5. The Balaban J connectivity index is 2.03. The van der Waals surface area contributed by atoms with Crippen LogP contribution in [-0.4, -0.2) is 0 Å². The molecule has 0 spiro atoms. The number of thiophene rings is 1. The van der Waals surface area contributed by atoms with Crippen molar-refractivity contribution in [2.24, 2.45) is 5.92 Å². The second-order valence-electron chi connectivity index (χ2n) is 4.23. The molecule has 0 amide bonds. The average Bonchev–Trinajstić information content (AvgIpc) is 2.75. The number of hydrogen-bond acceptors (Lipinski definition) is 1. The largest absolute Gasteiger partial charge is 0.148 e. The van der Waals surface area contributed by atoms with Crippen molar-refractivity contribution in [3.8, 4) is 0 Å². The minimum Gasteiger partial charge on any atom is -0.148 e. The summed E-state index contributed by atoms with van der Waals surface area (Å²) in [7, 11) is 0. The lowest BCUT2D eigenvalue weighted by atomic mass is 9.97. The minimum absolute atomic E-state index is 0.421. The molecule has 0 aliphatic rings. The van der Waals surface area contributed by atoms with Gasteiger partial charge in [-0.15, -0.1) is 11.3 Å². The maximum absolute atomic E-state index is 3.81. The van der Waals surface area contributed by atoms with E-state index in [1.807, 2.05) is 11.3 Å². The summed E-state index contributed by atoms with van der Waals surface area (Å²) in [6, 6.07) is 12.8. The molecular weight excluding hydrogens is 360 g/mol. The molecule has 0 radical (unpaired) electrons. The Kier molecular flexibility index (Phi) is 4.83. The average molecular weight is 374 g/mol. The molecule has 0 N–H and O–H groups in total. The van der Waals surface area contributed by atoms with Crippen molar-refractivity contribution in [3.05, 3.63) is 56.7 Å². The van der Waals surface area contributed by atoms with Crippen LogP contribution in [0.3, 0.4) is 0 Å². The van der Waals surface area contributed by atoms with Crippen molar-refractivity contribution in [1.29, 1.82) is 0 Å². The Morgan fingerprint density at radius 2 is 1.94 bits per heavy atom.